The molecule has 2 fully saturated rings. The lowest BCUT2D eigenvalue weighted by Gasteiger charge is -2.32. The first-order valence-electron chi connectivity index (χ1n) is 4.83. The Hall–Kier alpha value is -0.790. The molecule has 1 unspecified atom stereocenters. The highest BCUT2D eigenvalue weighted by Gasteiger charge is 2.29. The summed E-state index contributed by atoms with van der Waals surface area (Å²) in [6.07, 6.45) is 9.04. The Morgan fingerprint density at radius 2 is 2.25 bits per heavy atom. The summed E-state index contributed by atoms with van der Waals surface area (Å²) < 4.78 is 0. The molecule has 0 aromatic rings. The molecule has 2 nitrogen and oxygen atoms in total. The molecule has 12 heavy (non-hydrogen) atoms. The molecular formula is C10H15NO. The van der Waals surface area contributed by atoms with E-state index in [4.69, 9.17) is 0 Å². The van der Waals surface area contributed by atoms with Crippen molar-refractivity contribution in [3.63, 3.8) is 0 Å². The number of carbonyl (C=O) groups excluding carboxylic acids is 1. The first-order chi connectivity index (χ1) is 5.92. The fourth-order valence-electron chi connectivity index (χ4n) is 2.39. The van der Waals surface area contributed by atoms with E-state index in [2.05, 4.69) is 4.90 Å². The minimum Gasteiger partial charge on any atom is -0.372 e. The Bertz CT molecular complexity index is 210. The minimum absolute atomic E-state index is 0.755. The maximum absolute atomic E-state index is 10.3. The maximum Gasteiger partial charge on any atom is 0.144 e. The lowest BCUT2D eigenvalue weighted by Crippen LogP contribution is -2.32. The topological polar surface area (TPSA) is 20.3 Å². The molecule has 0 spiro atoms. The van der Waals surface area contributed by atoms with Crippen molar-refractivity contribution in [2.24, 2.45) is 0 Å². The second-order valence-electron chi connectivity index (χ2n) is 3.68. The van der Waals surface area contributed by atoms with Crippen LogP contribution < -0.4 is 0 Å². The molecule has 0 amide bonds. The summed E-state index contributed by atoms with van der Waals surface area (Å²) >= 11 is 0. The largest absolute Gasteiger partial charge is 0.372 e. The smallest absolute Gasteiger partial charge is 0.144 e. The van der Waals surface area contributed by atoms with Gasteiger partial charge in [-0.05, 0) is 38.2 Å². The van der Waals surface area contributed by atoms with Gasteiger partial charge in [0.2, 0.25) is 0 Å². The van der Waals surface area contributed by atoms with E-state index in [1.807, 2.05) is 0 Å². The lowest BCUT2D eigenvalue weighted by molar-refractivity contribution is -0.104. The number of hydrogen-bond acceptors (Lipinski definition) is 2. The fourth-order valence-corrected chi connectivity index (χ4v) is 2.39. The summed E-state index contributed by atoms with van der Waals surface area (Å²) in [5, 5.41) is 0. The highest BCUT2D eigenvalue weighted by molar-refractivity contribution is 5.66. The molecule has 0 radical (unpaired) electrons. The van der Waals surface area contributed by atoms with Crippen LogP contribution in [0.1, 0.15) is 32.1 Å². The number of carbonyl (C=O) groups is 1. The first-order valence-corrected chi connectivity index (χ1v) is 4.83. The number of piperidine rings is 1. The number of nitrogens with zero attached hydrogens (tertiary/aromatic N) is 1. The van der Waals surface area contributed by atoms with Gasteiger partial charge in [-0.3, -0.25) is 4.79 Å². The first kappa shape index (κ1) is 7.84. The molecule has 0 aromatic carbocycles. The van der Waals surface area contributed by atoms with Crippen LogP contribution in [0.2, 0.25) is 0 Å². The van der Waals surface area contributed by atoms with Crippen molar-refractivity contribution >= 4 is 6.29 Å². The number of rotatable bonds is 1. The zero-order valence-electron chi connectivity index (χ0n) is 7.33. The van der Waals surface area contributed by atoms with Crippen molar-refractivity contribution in [1.29, 1.82) is 0 Å². The number of hydrogen-bond donors (Lipinski definition) is 0. The van der Waals surface area contributed by atoms with Crippen molar-refractivity contribution in [2.75, 3.05) is 6.54 Å². The third-order valence-corrected chi connectivity index (χ3v) is 2.99. The van der Waals surface area contributed by atoms with E-state index < -0.39 is 0 Å². The van der Waals surface area contributed by atoms with Crippen molar-refractivity contribution in [3.8, 4) is 0 Å². The molecule has 0 bridgehead atoms. The van der Waals surface area contributed by atoms with Gasteiger partial charge in [-0.15, -0.1) is 0 Å². The quantitative estimate of drug-likeness (QED) is 0.435. The summed E-state index contributed by atoms with van der Waals surface area (Å²) in [5.41, 5.74) is 1.27. The fraction of sp³-hybridized carbons (Fsp3) is 0.700. The van der Waals surface area contributed by atoms with Gasteiger partial charge < -0.3 is 4.90 Å². The van der Waals surface area contributed by atoms with Gasteiger partial charge in [0.1, 0.15) is 6.29 Å². The van der Waals surface area contributed by atoms with Crippen LogP contribution in [0.25, 0.3) is 0 Å². The van der Waals surface area contributed by atoms with Gasteiger partial charge in [-0.2, -0.15) is 0 Å². The van der Waals surface area contributed by atoms with Crippen LogP contribution in [0.4, 0.5) is 0 Å². The molecular weight excluding hydrogens is 150 g/mol. The van der Waals surface area contributed by atoms with E-state index >= 15 is 0 Å². The van der Waals surface area contributed by atoms with Crippen molar-refractivity contribution in [1.82, 2.24) is 4.90 Å². The van der Waals surface area contributed by atoms with E-state index in [-0.39, 0.29) is 0 Å². The highest BCUT2D eigenvalue weighted by Crippen LogP contribution is 2.33. The lowest BCUT2D eigenvalue weighted by atomic mass is 10.0. The van der Waals surface area contributed by atoms with Crippen LogP contribution in [0.5, 0.6) is 0 Å². The molecule has 2 saturated heterocycles. The normalized spacial score (nSPS) is 32.2. The Labute approximate surface area is 73.2 Å². The second-order valence-corrected chi connectivity index (χ2v) is 3.68. The Balaban J connectivity index is 2.10. The summed E-state index contributed by atoms with van der Waals surface area (Å²) in [5.74, 6) is 0. The van der Waals surface area contributed by atoms with E-state index in [0.29, 0.717) is 0 Å². The highest BCUT2D eigenvalue weighted by atomic mass is 16.1. The Kier molecular flexibility index (Phi) is 2.15. The van der Waals surface area contributed by atoms with Crippen molar-refractivity contribution < 1.29 is 4.79 Å². The summed E-state index contributed by atoms with van der Waals surface area (Å²) in [4.78, 5) is 12.8. The third-order valence-electron chi connectivity index (χ3n) is 2.99. The SMILES string of the molecule is O=C/C=C1/CCC2CCCCN12. The van der Waals surface area contributed by atoms with Crippen LogP contribution in [-0.4, -0.2) is 23.8 Å². The zero-order chi connectivity index (χ0) is 8.39. The van der Waals surface area contributed by atoms with E-state index in [1.54, 1.807) is 6.08 Å². The van der Waals surface area contributed by atoms with Crippen molar-refractivity contribution in [2.45, 2.75) is 38.1 Å². The molecule has 66 valence electrons. The van der Waals surface area contributed by atoms with Gasteiger partial charge >= 0.3 is 0 Å². The van der Waals surface area contributed by atoms with E-state index in [0.717, 1.165) is 18.7 Å². The van der Waals surface area contributed by atoms with Crippen LogP contribution in [0.3, 0.4) is 0 Å². The van der Waals surface area contributed by atoms with E-state index in [1.165, 1.54) is 37.9 Å². The average molecular weight is 165 g/mol. The molecule has 0 aromatic heterocycles. The molecule has 2 rings (SSSR count). The molecule has 0 aliphatic carbocycles. The Morgan fingerprint density at radius 3 is 3.08 bits per heavy atom. The van der Waals surface area contributed by atoms with Crippen molar-refractivity contribution in [3.05, 3.63) is 11.8 Å². The van der Waals surface area contributed by atoms with Crippen LogP contribution in [-0.2, 0) is 4.79 Å². The third kappa shape index (κ3) is 1.26. The predicted molar refractivity (Wildman–Crippen MR) is 47.7 cm³/mol. The molecule has 1 atom stereocenters. The number of aldehydes is 1. The van der Waals surface area contributed by atoms with Crippen LogP contribution >= 0.6 is 0 Å². The summed E-state index contributed by atoms with van der Waals surface area (Å²) in [6.45, 7) is 1.17. The maximum atomic E-state index is 10.3. The van der Waals surface area contributed by atoms with Gasteiger partial charge in [-0.1, -0.05) is 0 Å². The van der Waals surface area contributed by atoms with Gasteiger partial charge in [0.25, 0.3) is 0 Å². The molecule has 2 aliphatic rings. The monoisotopic (exact) mass is 165 g/mol. The zero-order valence-corrected chi connectivity index (χ0v) is 7.33. The Morgan fingerprint density at radius 1 is 1.33 bits per heavy atom. The van der Waals surface area contributed by atoms with Crippen LogP contribution in [0.15, 0.2) is 11.8 Å². The van der Waals surface area contributed by atoms with Gasteiger partial charge in [0.05, 0.1) is 0 Å². The number of allylic oxidation sites excluding steroid dienone is 2. The predicted octanol–water partition coefficient (Wildman–Crippen LogP) is 1.72. The molecule has 2 heteroatoms. The van der Waals surface area contributed by atoms with Gasteiger partial charge in [0, 0.05) is 18.3 Å². The molecule has 0 saturated carbocycles. The molecule has 0 N–H and O–H groups in total. The summed E-state index contributed by atoms with van der Waals surface area (Å²) in [6, 6.07) is 0.755. The van der Waals surface area contributed by atoms with Gasteiger partial charge in [0.15, 0.2) is 0 Å². The van der Waals surface area contributed by atoms with Crippen LogP contribution in [0, 0.1) is 0 Å². The second kappa shape index (κ2) is 3.30. The average Bonchev–Trinajstić information content (AvgIpc) is 2.50. The minimum atomic E-state index is 0.755. The van der Waals surface area contributed by atoms with E-state index in [9.17, 15) is 4.79 Å². The number of fused-ring (bicyclic) bond motifs is 1. The standard InChI is InChI=1S/C10H15NO/c12-8-6-10-5-4-9-3-1-2-7-11(9)10/h6,8-9H,1-5,7H2/b10-6-. The summed E-state index contributed by atoms with van der Waals surface area (Å²) in [7, 11) is 0. The molecule has 2 heterocycles. The van der Waals surface area contributed by atoms with Gasteiger partial charge in [-0.25, -0.2) is 0 Å². The molecule has 2 aliphatic heterocycles.